The van der Waals surface area contributed by atoms with Crippen LogP contribution in [0, 0.1) is 0 Å². The number of amides is 2. The Hall–Kier alpha value is -2.54. The Morgan fingerprint density at radius 1 is 0.968 bits per heavy atom. The molecule has 4 rings (SSSR count). The van der Waals surface area contributed by atoms with Gasteiger partial charge in [0, 0.05) is 15.1 Å². The van der Waals surface area contributed by atoms with Gasteiger partial charge in [0.15, 0.2) is 0 Å². The zero-order chi connectivity index (χ0) is 21.8. The molecule has 0 aromatic heterocycles. The van der Waals surface area contributed by atoms with E-state index in [-0.39, 0.29) is 17.7 Å². The minimum atomic E-state index is -0.303. The second kappa shape index (κ2) is 9.73. The minimum absolute atomic E-state index is 0.251. The van der Waals surface area contributed by atoms with Gasteiger partial charge in [-0.25, -0.2) is 0 Å². The molecular weight excluding hydrogens is 498 g/mol. The first-order valence-electron chi connectivity index (χ1n) is 9.46. The van der Waals surface area contributed by atoms with Crippen LogP contribution in [0.25, 0.3) is 6.08 Å². The Bertz CT molecular complexity index is 1150. The van der Waals surface area contributed by atoms with Crippen molar-refractivity contribution < 1.29 is 14.3 Å². The topological polar surface area (TPSA) is 46.6 Å². The molecule has 0 saturated carbocycles. The number of carbonyl (C=O) groups excluding carboxylic acids is 2. The maximum absolute atomic E-state index is 12.9. The molecule has 0 aliphatic carbocycles. The second-order valence-electron chi connectivity index (χ2n) is 6.85. The van der Waals surface area contributed by atoms with E-state index >= 15 is 0 Å². The largest absolute Gasteiger partial charge is 0.488 e. The van der Waals surface area contributed by atoms with Gasteiger partial charge in [0.2, 0.25) is 0 Å². The average molecular weight is 515 g/mol. The molecule has 1 fully saturated rings. The van der Waals surface area contributed by atoms with E-state index in [4.69, 9.17) is 16.3 Å². The molecular formula is C24H17BrClNO3S. The van der Waals surface area contributed by atoms with Crippen molar-refractivity contribution in [3.05, 3.63) is 104 Å². The lowest BCUT2D eigenvalue weighted by molar-refractivity contribution is -0.123. The Labute approximate surface area is 198 Å². The highest BCUT2D eigenvalue weighted by Crippen LogP contribution is 2.35. The first kappa shape index (κ1) is 21.7. The summed E-state index contributed by atoms with van der Waals surface area (Å²) >= 11 is 10.3. The molecule has 0 spiro atoms. The summed E-state index contributed by atoms with van der Waals surface area (Å²) in [7, 11) is 0. The molecule has 3 aromatic rings. The molecule has 4 nitrogen and oxygen atoms in total. The average Bonchev–Trinajstić information content (AvgIpc) is 3.02. The highest BCUT2D eigenvalue weighted by atomic mass is 79.9. The van der Waals surface area contributed by atoms with Crippen molar-refractivity contribution in [3.8, 4) is 5.75 Å². The molecule has 0 atom stereocenters. The summed E-state index contributed by atoms with van der Waals surface area (Å²) in [6, 6.07) is 22.4. The van der Waals surface area contributed by atoms with Crippen molar-refractivity contribution in [2.24, 2.45) is 0 Å². The third kappa shape index (κ3) is 5.39. The fourth-order valence-electron chi connectivity index (χ4n) is 3.05. The summed E-state index contributed by atoms with van der Waals surface area (Å²) in [4.78, 5) is 27.0. The summed E-state index contributed by atoms with van der Waals surface area (Å²) < 4.78 is 6.83. The number of hydrogen-bond donors (Lipinski definition) is 0. The lowest BCUT2D eigenvalue weighted by Crippen LogP contribution is -2.27. The van der Waals surface area contributed by atoms with Gasteiger partial charge in [0.05, 0.1) is 11.4 Å². The molecule has 0 radical (unpaired) electrons. The molecule has 2 amide bonds. The number of imide groups is 1. The fraction of sp³-hybridized carbons (Fsp3) is 0.0833. The minimum Gasteiger partial charge on any atom is -0.488 e. The predicted molar refractivity (Wildman–Crippen MR) is 128 cm³/mol. The summed E-state index contributed by atoms with van der Waals surface area (Å²) in [6.07, 6.45) is 1.71. The van der Waals surface area contributed by atoms with Crippen molar-refractivity contribution in [2.45, 2.75) is 13.2 Å². The number of halogens is 2. The zero-order valence-corrected chi connectivity index (χ0v) is 19.4. The predicted octanol–water partition coefficient (Wildman–Crippen LogP) is 6.92. The van der Waals surface area contributed by atoms with Gasteiger partial charge in [0.25, 0.3) is 11.1 Å². The van der Waals surface area contributed by atoms with Gasteiger partial charge in [-0.15, -0.1) is 0 Å². The van der Waals surface area contributed by atoms with E-state index in [2.05, 4.69) is 15.9 Å². The third-order valence-electron chi connectivity index (χ3n) is 4.62. The van der Waals surface area contributed by atoms with Gasteiger partial charge >= 0.3 is 0 Å². The molecule has 156 valence electrons. The molecule has 1 saturated heterocycles. The number of thioether (sulfide) groups is 1. The standard InChI is InChI=1S/C24H17BrClNO3S/c25-19-8-11-21(30-15-17-6-9-20(26)10-7-17)18(12-19)13-22-23(28)27(24(29)31-22)14-16-4-2-1-3-5-16/h1-13H,14-15H2/b22-13-. The van der Waals surface area contributed by atoms with E-state index < -0.39 is 0 Å². The van der Waals surface area contributed by atoms with Gasteiger partial charge in [-0.1, -0.05) is 70.0 Å². The van der Waals surface area contributed by atoms with Crippen LogP contribution in [0.3, 0.4) is 0 Å². The third-order valence-corrected chi connectivity index (χ3v) is 6.28. The summed E-state index contributed by atoms with van der Waals surface area (Å²) in [5.41, 5.74) is 2.59. The van der Waals surface area contributed by atoms with Crippen LogP contribution >= 0.6 is 39.3 Å². The molecule has 0 bridgehead atoms. The number of nitrogens with zero attached hydrogens (tertiary/aromatic N) is 1. The van der Waals surface area contributed by atoms with Crippen molar-refractivity contribution in [2.75, 3.05) is 0 Å². The van der Waals surface area contributed by atoms with Crippen LogP contribution in [0.15, 0.2) is 82.2 Å². The van der Waals surface area contributed by atoms with Crippen LogP contribution in [0.5, 0.6) is 5.75 Å². The lowest BCUT2D eigenvalue weighted by atomic mass is 10.1. The highest BCUT2D eigenvalue weighted by Gasteiger charge is 2.35. The van der Waals surface area contributed by atoms with Gasteiger partial charge in [-0.3, -0.25) is 14.5 Å². The Morgan fingerprint density at radius 3 is 2.45 bits per heavy atom. The number of carbonyl (C=O) groups is 2. The van der Waals surface area contributed by atoms with E-state index in [1.807, 2.05) is 72.8 Å². The van der Waals surface area contributed by atoms with E-state index in [1.54, 1.807) is 6.08 Å². The molecule has 31 heavy (non-hydrogen) atoms. The molecule has 0 N–H and O–H groups in total. The van der Waals surface area contributed by atoms with E-state index in [1.165, 1.54) is 4.90 Å². The van der Waals surface area contributed by atoms with Crippen LogP contribution in [0.2, 0.25) is 5.02 Å². The monoisotopic (exact) mass is 513 g/mol. The van der Waals surface area contributed by atoms with Gasteiger partial charge in [0.1, 0.15) is 12.4 Å². The summed E-state index contributed by atoms with van der Waals surface area (Å²) in [6.45, 7) is 0.608. The van der Waals surface area contributed by atoms with Crippen molar-refractivity contribution in [1.29, 1.82) is 0 Å². The number of benzene rings is 3. The highest BCUT2D eigenvalue weighted by molar-refractivity contribution is 9.10. The summed E-state index contributed by atoms with van der Waals surface area (Å²) in [5.74, 6) is 0.315. The van der Waals surface area contributed by atoms with Gasteiger partial charge in [-0.05, 0) is 59.3 Å². The number of hydrogen-bond acceptors (Lipinski definition) is 4. The second-order valence-corrected chi connectivity index (χ2v) is 9.20. The van der Waals surface area contributed by atoms with Crippen LogP contribution in [0.4, 0.5) is 4.79 Å². The molecule has 1 heterocycles. The summed E-state index contributed by atoms with van der Waals surface area (Å²) in [5, 5.41) is 0.387. The molecule has 0 unspecified atom stereocenters. The van der Waals surface area contributed by atoms with Crippen LogP contribution < -0.4 is 4.74 Å². The lowest BCUT2D eigenvalue weighted by Gasteiger charge is -2.12. The Balaban J connectivity index is 1.54. The molecule has 7 heteroatoms. The van der Waals surface area contributed by atoms with Crippen molar-refractivity contribution >= 4 is 56.5 Å². The number of rotatable bonds is 6. The van der Waals surface area contributed by atoms with E-state index in [0.29, 0.717) is 27.8 Å². The van der Waals surface area contributed by atoms with Gasteiger partial charge < -0.3 is 4.74 Å². The van der Waals surface area contributed by atoms with E-state index in [0.717, 1.165) is 27.4 Å². The van der Waals surface area contributed by atoms with E-state index in [9.17, 15) is 9.59 Å². The quantitative estimate of drug-likeness (QED) is 0.335. The number of ether oxygens (including phenoxy) is 1. The molecule has 1 aliphatic heterocycles. The van der Waals surface area contributed by atoms with Crippen LogP contribution in [-0.4, -0.2) is 16.0 Å². The van der Waals surface area contributed by atoms with Crippen molar-refractivity contribution in [3.63, 3.8) is 0 Å². The molecule has 3 aromatic carbocycles. The maximum atomic E-state index is 12.9. The first-order chi connectivity index (χ1) is 15.0. The van der Waals surface area contributed by atoms with Crippen LogP contribution in [-0.2, 0) is 17.9 Å². The zero-order valence-electron chi connectivity index (χ0n) is 16.3. The first-order valence-corrected chi connectivity index (χ1v) is 11.4. The smallest absolute Gasteiger partial charge is 0.293 e. The normalized spacial score (nSPS) is 15.0. The Morgan fingerprint density at radius 2 is 1.71 bits per heavy atom. The van der Waals surface area contributed by atoms with Gasteiger partial charge in [-0.2, -0.15) is 0 Å². The van der Waals surface area contributed by atoms with Crippen molar-refractivity contribution in [1.82, 2.24) is 4.90 Å². The fourth-order valence-corrected chi connectivity index (χ4v) is 4.38. The molecule has 1 aliphatic rings. The van der Waals surface area contributed by atoms with Crippen LogP contribution in [0.1, 0.15) is 16.7 Å². The Kier molecular flexibility index (Phi) is 6.80. The maximum Gasteiger partial charge on any atom is 0.293 e. The SMILES string of the molecule is O=C1S/C(=C\c2cc(Br)ccc2OCc2ccc(Cl)cc2)C(=O)N1Cc1ccccc1.